The van der Waals surface area contributed by atoms with E-state index in [0.29, 0.717) is 0 Å². The Kier molecular flexibility index (Phi) is 6.08. The van der Waals surface area contributed by atoms with Crippen LogP contribution >= 0.6 is 0 Å². The molecule has 0 aliphatic carbocycles. The van der Waals surface area contributed by atoms with Gasteiger partial charge >= 0.3 is 6.09 Å². The van der Waals surface area contributed by atoms with Gasteiger partial charge in [-0.05, 0) is 56.2 Å². The predicted octanol–water partition coefficient (Wildman–Crippen LogP) is 4.42. The normalized spacial score (nSPS) is 17.5. The highest BCUT2D eigenvalue weighted by atomic mass is 19.1. The third kappa shape index (κ3) is 4.55. The van der Waals surface area contributed by atoms with Crippen LogP contribution in [0.15, 0.2) is 42.7 Å². The molecule has 2 aromatic heterocycles. The Morgan fingerprint density at radius 1 is 1.24 bits per heavy atom. The van der Waals surface area contributed by atoms with Crippen LogP contribution in [0.25, 0.3) is 11.1 Å². The fraction of sp³-hybridized carbons (Fsp3) is 0.304. The number of halogens is 2. The predicted molar refractivity (Wildman–Crippen MR) is 121 cm³/mol. The molecule has 10 heteroatoms. The van der Waals surface area contributed by atoms with Crippen molar-refractivity contribution in [3.05, 3.63) is 59.8 Å². The van der Waals surface area contributed by atoms with Crippen molar-refractivity contribution in [3.8, 4) is 11.1 Å². The van der Waals surface area contributed by atoms with Crippen molar-refractivity contribution >= 4 is 23.5 Å². The van der Waals surface area contributed by atoms with Gasteiger partial charge in [0, 0.05) is 18.0 Å². The third-order valence-corrected chi connectivity index (χ3v) is 5.55. The first-order chi connectivity index (χ1) is 15.7. The Hall–Kier alpha value is -3.82. The molecule has 3 N–H and O–H groups in total. The van der Waals surface area contributed by atoms with Gasteiger partial charge in [0.25, 0.3) is 0 Å². The van der Waals surface area contributed by atoms with E-state index in [9.17, 15) is 13.6 Å². The Labute approximate surface area is 189 Å². The number of ether oxygens (including phenoxy) is 1. The highest BCUT2D eigenvalue weighted by molar-refractivity contribution is 5.89. The van der Waals surface area contributed by atoms with E-state index in [2.05, 4.69) is 20.3 Å². The van der Waals surface area contributed by atoms with Crippen LogP contribution in [-0.4, -0.2) is 39.9 Å². The zero-order valence-corrected chi connectivity index (χ0v) is 18.4. The van der Waals surface area contributed by atoms with Crippen molar-refractivity contribution < 1.29 is 18.3 Å². The fourth-order valence-corrected chi connectivity index (χ4v) is 3.69. The molecule has 1 fully saturated rings. The van der Waals surface area contributed by atoms with Gasteiger partial charge in [-0.15, -0.1) is 0 Å². The van der Waals surface area contributed by atoms with Crippen molar-refractivity contribution in [2.45, 2.75) is 39.0 Å². The smallest absolute Gasteiger partial charge is 0.416 e. The Balaban J connectivity index is 1.53. The second kappa shape index (κ2) is 8.97. The van der Waals surface area contributed by atoms with Gasteiger partial charge in [0.05, 0.1) is 17.4 Å². The lowest BCUT2D eigenvalue weighted by atomic mass is 10.0. The minimum Gasteiger partial charge on any atom is -0.447 e. The van der Waals surface area contributed by atoms with Crippen LogP contribution in [0.2, 0.25) is 0 Å². The molecule has 8 nitrogen and oxygen atoms in total. The summed E-state index contributed by atoms with van der Waals surface area (Å²) in [6.45, 7) is 5.17. The number of nitrogens with two attached hydrogens (primary N) is 1. The summed E-state index contributed by atoms with van der Waals surface area (Å²) in [5.41, 5.74) is 9.06. The molecule has 0 spiro atoms. The number of cyclic esters (lactones) is 1. The van der Waals surface area contributed by atoms with Crippen molar-refractivity contribution in [2.24, 2.45) is 0 Å². The lowest BCUT2D eigenvalue weighted by molar-refractivity contribution is 0.174. The molecular formula is C23H24F2N6O2. The molecule has 33 heavy (non-hydrogen) atoms. The lowest BCUT2D eigenvalue weighted by Crippen LogP contribution is -2.39. The second-order valence-electron chi connectivity index (χ2n) is 7.96. The molecule has 1 saturated heterocycles. The standard InChI is InChI=1S/C23H24F2N6O2/c1-12-8-19(28-10-16(12)15-4-5-17(25)18(26)9-15)14(3)29-22-27-7-6-21(30-22)31-20(13(2)24)11-33-23(31)32/h4-10,13-14,20H,11,26H2,1-3H3,(H,27,29,30)/t13-,14-,20+/m0/s1. The summed E-state index contributed by atoms with van der Waals surface area (Å²) in [6, 6.07) is 7.00. The van der Waals surface area contributed by atoms with E-state index < -0.39 is 24.1 Å². The van der Waals surface area contributed by atoms with E-state index in [4.69, 9.17) is 10.5 Å². The molecule has 3 atom stereocenters. The summed E-state index contributed by atoms with van der Waals surface area (Å²) in [7, 11) is 0. The SMILES string of the molecule is Cc1cc([C@H](C)Nc2nccc(N3C(=O)OC[C@@H]3[C@H](C)F)n2)ncc1-c1ccc(F)c(N)c1. The first kappa shape index (κ1) is 22.4. The molecule has 0 saturated carbocycles. The molecule has 0 radical (unpaired) electrons. The number of aromatic nitrogens is 3. The molecule has 172 valence electrons. The Bertz CT molecular complexity index is 1190. The largest absolute Gasteiger partial charge is 0.447 e. The van der Waals surface area contributed by atoms with Crippen LogP contribution in [0, 0.1) is 12.7 Å². The number of hydrogen-bond donors (Lipinski definition) is 2. The van der Waals surface area contributed by atoms with Crippen molar-refractivity contribution in [1.29, 1.82) is 0 Å². The number of benzene rings is 1. The van der Waals surface area contributed by atoms with E-state index in [1.807, 2.05) is 19.9 Å². The molecule has 0 bridgehead atoms. The highest BCUT2D eigenvalue weighted by Crippen LogP contribution is 2.29. The van der Waals surface area contributed by atoms with Crippen LogP contribution < -0.4 is 16.0 Å². The minimum atomic E-state index is -1.27. The number of nitrogens with one attached hydrogen (secondary N) is 1. The van der Waals surface area contributed by atoms with Crippen molar-refractivity contribution in [3.63, 3.8) is 0 Å². The van der Waals surface area contributed by atoms with E-state index in [1.165, 1.54) is 30.2 Å². The maximum atomic E-state index is 13.9. The Morgan fingerprint density at radius 2 is 2.03 bits per heavy atom. The maximum absolute atomic E-state index is 13.9. The highest BCUT2D eigenvalue weighted by Gasteiger charge is 2.39. The second-order valence-corrected chi connectivity index (χ2v) is 7.96. The summed E-state index contributed by atoms with van der Waals surface area (Å²) in [5.74, 6) is 0.0559. The summed E-state index contributed by atoms with van der Waals surface area (Å²) in [6.07, 6.45) is 1.28. The van der Waals surface area contributed by atoms with Crippen LogP contribution in [0.1, 0.15) is 31.1 Å². The maximum Gasteiger partial charge on any atom is 0.416 e. The monoisotopic (exact) mass is 454 g/mol. The third-order valence-electron chi connectivity index (χ3n) is 5.55. The number of pyridine rings is 1. The van der Waals surface area contributed by atoms with Gasteiger partial charge < -0.3 is 15.8 Å². The first-order valence-corrected chi connectivity index (χ1v) is 10.5. The van der Waals surface area contributed by atoms with E-state index in [0.717, 1.165) is 22.4 Å². The average Bonchev–Trinajstić information content (AvgIpc) is 3.17. The van der Waals surface area contributed by atoms with Crippen LogP contribution in [0.4, 0.5) is 31.0 Å². The summed E-state index contributed by atoms with van der Waals surface area (Å²) < 4.78 is 32.4. The average molecular weight is 454 g/mol. The summed E-state index contributed by atoms with van der Waals surface area (Å²) >= 11 is 0. The number of carbonyl (C=O) groups excluding carboxylic acids is 1. The van der Waals surface area contributed by atoms with Gasteiger partial charge in [0.1, 0.15) is 30.5 Å². The quantitative estimate of drug-likeness (QED) is 0.531. The Morgan fingerprint density at radius 3 is 2.73 bits per heavy atom. The molecule has 1 aromatic carbocycles. The molecule has 3 aromatic rings. The number of hydrogen-bond acceptors (Lipinski definition) is 7. The molecule has 3 heterocycles. The van der Waals surface area contributed by atoms with E-state index in [-0.39, 0.29) is 30.1 Å². The number of rotatable bonds is 6. The zero-order chi connectivity index (χ0) is 23.7. The number of amides is 1. The topological polar surface area (TPSA) is 106 Å². The molecular weight excluding hydrogens is 430 g/mol. The zero-order valence-electron chi connectivity index (χ0n) is 18.4. The van der Waals surface area contributed by atoms with E-state index >= 15 is 0 Å². The van der Waals surface area contributed by atoms with Gasteiger partial charge in [-0.1, -0.05) is 6.07 Å². The van der Waals surface area contributed by atoms with Crippen molar-refractivity contribution in [2.75, 3.05) is 22.6 Å². The minimum absolute atomic E-state index is 0.0328. The van der Waals surface area contributed by atoms with Crippen LogP contribution in [0.5, 0.6) is 0 Å². The number of anilines is 3. The van der Waals surface area contributed by atoms with Crippen molar-refractivity contribution in [1.82, 2.24) is 15.0 Å². The molecule has 1 aliphatic heterocycles. The molecule has 1 amide bonds. The van der Waals surface area contributed by atoms with Gasteiger partial charge in [-0.25, -0.2) is 18.6 Å². The molecule has 4 rings (SSSR count). The molecule has 1 aliphatic rings. The number of nitrogen functional groups attached to an aromatic ring is 1. The lowest BCUT2D eigenvalue weighted by Gasteiger charge is -2.22. The summed E-state index contributed by atoms with van der Waals surface area (Å²) in [5, 5.41) is 3.16. The number of aryl methyl sites for hydroxylation is 1. The fourth-order valence-electron chi connectivity index (χ4n) is 3.69. The number of nitrogens with zero attached hydrogens (tertiary/aromatic N) is 4. The van der Waals surface area contributed by atoms with E-state index in [1.54, 1.807) is 18.3 Å². The van der Waals surface area contributed by atoms with Crippen LogP contribution in [0.3, 0.4) is 0 Å². The number of carbonyl (C=O) groups is 1. The van der Waals surface area contributed by atoms with Crippen LogP contribution in [-0.2, 0) is 4.74 Å². The van der Waals surface area contributed by atoms with Gasteiger partial charge in [0.2, 0.25) is 5.95 Å². The van der Waals surface area contributed by atoms with Gasteiger partial charge in [-0.2, -0.15) is 4.98 Å². The number of alkyl halides is 1. The first-order valence-electron chi connectivity index (χ1n) is 10.5. The summed E-state index contributed by atoms with van der Waals surface area (Å²) in [4.78, 5) is 26.4. The van der Waals surface area contributed by atoms with Gasteiger partial charge in [0.15, 0.2) is 0 Å². The van der Waals surface area contributed by atoms with Gasteiger partial charge in [-0.3, -0.25) is 9.88 Å². The molecule has 0 unspecified atom stereocenters.